The van der Waals surface area contributed by atoms with E-state index in [4.69, 9.17) is 0 Å². The zero-order chi connectivity index (χ0) is 27.5. The van der Waals surface area contributed by atoms with E-state index in [1.807, 2.05) is 0 Å². The molecule has 1 aliphatic rings. The van der Waals surface area contributed by atoms with Gasteiger partial charge in [-0.3, -0.25) is 0 Å². The Morgan fingerprint density at radius 1 is 0.641 bits per heavy atom. The van der Waals surface area contributed by atoms with Crippen molar-refractivity contribution in [1.29, 1.82) is 0 Å². The molecular formula is C38H40Si. The predicted molar refractivity (Wildman–Crippen MR) is 176 cm³/mol. The lowest BCUT2D eigenvalue weighted by Gasteiger charge is -2.42. The van der Waals surface area contributed by atoms with Crippen LogP contribution in [-0.4, -0.2) is 8.07 Å². The van der Waals surface area contributed by atoms with Crippen LogP contribution in [0.2, 0.25) is 19.6 Å². The summed E-state index contributed by atoms with van der Waals surface area (Å²) in [5.74, 6) is 0. The summed E-state index contributed by atoms with van der Waals surface area (Å²) in [6.07, 6.45) is 2.20. The van der Waals surface area contributed by atoms with E-state index in [0.717, 1.165) is 12.8 Å². The summed E-state index contributed by atoms with van der Waals surface area (Å²) in [4.78, 5) is 0. The molecule has 0 amide bonds. The summed E-state index contributed by atoms with van der Waals surface area (Å²) in [5.41, 5.74) is 7.54. The van der Waals surface area contributed by atoms with Crippen LogP contribution in [0.3, 0.4) is 0 Å². The summed E-state index contributed by atoms with van der Waals surface area (Å²) in [7, 11) is -1.65. The van der Waals surface area contributed by atoms with Crippen molar-refractivity contribution in [2.45, 2.75) is 77.9 Å². The number of fused-ring (bicyclic) bond motifs is 4. The van der Waals surface area contributed by atoms with Gasteiger partial charge in [-0.05, 0) is 95.2 Å². The maximum atomic E-state index is 2.62. The molecule has 0 spiro atoms. The van der Waals surface area contributed by atoms with Crippen molar-refractivity contribution in [2.24, 2.45) is 0 Å². The molecule has 0 unspecified atom stereocenters. The van der Waals surface area contributed by atoms with E-state index < -0.39 is 8.07 Å². The van der Waals surface area contributed by atoms with E-state index in [1.54, 1.807) is 10.8 Å². The molecule has 0 aromatic heterocycles. The van der Waals surface area contributed by atoms with E-state index in [0.29, 0.717) is 0 Å². The molecule has 0 N–H and O–H groups in total. The summed E-state index contributed by atoms with van der Waals surface area (Å²) < 4.78 is 0. The predicted octanol–water partition coefficient (Wildman–Crippen LogP) is 10.7. The first-order valence-corrected chi connectivity index (χ1v) is 18.3. The van der Waals surface area contributed by atoms with Crippen LogP contribution in [0, 0.1) is 0 Å². The fraction of sp³-hybridized carbons (Fsp3) is 0.316. The fourth-order valence-electron chi connectivity index (χ4n) is 7.78. The molecule has 0 saturated heterocycles. The molecule has 0 heterocycles. The average Bonchev–Trinajstić information content (AvgIpc) is 2.91. The lowest BCUT2D eigenvalue weighted by atomic mass is 9.62. The second-order valence-electron chi connectivity index (χ2n) is 14.1. The highest BCUT2D eigenvalue weighted by molar-refractivity contribution is 6.90. The number of rotatable bonds is 3. The van der Waals surface area contributed by atoms with Crippen molar-refractivity contribution < 1.29 is 0 Å². The third-order valence-corrected chi connectivity index (χ3v) is 12.0. The first-order chi connectivity index (χ1) is 18.5. The third kappa shape index (κ3) is 3.23. The topological polar surface area (TPSA) is 0 Å². The Balaban J connectivity index is 1.81. The second kappa shape index (κ2) is 7.95. The van der Waals surface area contributed by atoms with E-state index in [1.165, 1.54) is 65.3 Å². The first kappa shape index (κ1) is 24.8. The number of benzene rings is 6. The van der Waals surface area contributed by atoms with Gasteiger partial charge in [0.2, 0.25) is 0 Å². The quantitative estimate of drug-likeness (QED) is 0.159. The van der Waals surface area contributed by atoms with Gasteiger partial charge in [-0.15, -0.1) is 0 Å². The van der Waals surface area contributed by atoms with Crippen molar-refractivity contribution in [3.63, 3.8) is 0 Å². The van der Waals surface area contributed by atoms with Crippen LogP contribution in [0.25, 0.3) is 54.2 Å². The minimum Gasteiger partial charge on any atom is -0.0656 e. The van der Waals surface area contributed by atoms with Gasteiger partial charge in [0, 0.05) is 5.41 Å². The van der Waals surface area contributed by atoms with Gasteiger partial charge in [-0.1, -0.05) is 126 Å². The summed E-state index contributed by atoms with van der Waals surface area (Å²) in [5, 5.41) is 13.1. The molecule has 196 valence electrons. The Kier molecular flexibility index (Phi) is 5.06. The Hall–Kier alpha value is -3.16. The SMILES string of the molecule is CCC1(CC)c2ccc3ccccc3c2-c2cc([Si](C)(C)C)c3ccc4cc(C(C)(C)C)cc5cc1c2c3c45. The lowest BCUT2D eigenvalue weighted by molar-refractivity contribution is 0.482. The molecule has 0 fully saturated rings. The molecule has 1 aliphatic carbocycles. The smallest absolute Gasteiger partial charge is 0.0656 e. The Labute approximate surface area is 234 Å². The van der Waals surface area contributed by atoms with Gasteiger partial charge in [0.25, 0.3) is 0 Å². The zero-order valence-electron chi connectivity index (χ0n) is 24.8. The largest absolute Gasteiger partial charge is 0.0784 e. The molecule has 0 aliphatic heterocycles. The molecule has 0 nitrogen and oxygen atoms in total. The van der Waals surface area contributed by atoms with Gasteiger partial charge in [0.1, 0.15) is 0 Å². The minimum atomic E-state index is -1.65. The maximum Gasteiger partial charge on any atom is 0.0784 e. The molecular weight excluding hydrogens is 485 g/mol. The molecule has 1 heteroatoms. The Bertz CT molecular complexity index is 1940. The summed E-state index contributed by atoms with van der Waals surface area (Å²) in [6, 6.07) is 28.9. The fourth-order valence-corrected chi connectivity index (χ4v) is 9.37. The third-order valence-electron chi connectivity index (χ3n) is 9.93. The second-order valence-corrected chi connectivity index (χ2v) is 19.1. The van der Waals surface area contributed by atoms with Gasteiger partial charge >= 0.3 is 0 Å². The molecule has 6 aromatic carbocycles. The van der Waals surface area contributed by atoms with Crippen LogP contribution < -0.4 is 5.19 Å². The van der Waals surface area contributed by atoms with Gasteiger partial charge in [0.15, 0.2) is 0 Å². The van der Waals surface area contributed by atoms with Gasteiger partial charge in [-0.25, -0.2) is 0 Å². The van der Waals surface area contributed by atoms with E-state index in [-0.39, 0.29) is 10.8 Å². The normalized spacial score (nSPS) is 15.1. The zero-order valence-corrected chi connectivity index (χ0v) is 25.8. The minimum absolute atomic E-state index is 0.00242. The summed E-state index contributed by atoms with van der Waals surface area (Å²) >= 11 is 0. The monoisotopic (exact) mass is 524 g/mol. The average molecular weight is 525 g/mol. The highest BCUT2D eigenvalue weighted by atomic mass is 28.3. The highest BCUT2D eigenvalue weighted by Crippen LogP contribution is 2.56. The van der Waals surface area contributed by atoms with Gasteiger partial charge in [-0.2, -0.15) is 0 Å². The van der Waals surface area contributed by atoms with E-state index in [9.17, 15) is 0 Å². The molecule has 0 saturated carbocycles. The van der Waals surface area contributed by atoms with Crippen molar-refractivity contribution in [3.8, 4) is 11.1 Å². The molecule has 0 bridgehead atoms. The Morgan fingerprint density at radius 2 is 1.33 bits per heavy atom. The molecule has 0 atom stereocenters. The lowest BCUT2D eigenvalue weighted by Crippen LogP contribution is -2.39. The number of hydrogen-bond donors (Lipinski definition) is 0. The van der Waals surface area contributed by atoms with Gasteiger partial charge in [0.05, 0.1) is 8.07 Å². The van der Waals surface area contributed by atoms with Gasteiger partial charge < -0.3 is 0 Å². The van der Waals surface area contributed by atoms with Crippen molar-refractivity contribution in [2.75, 3.05) is 0 Å². The molecule has 6 aromatic rings. The molecule has 39 heavy (non-hydrogen) atoms. The van der Waals surface area contributed by atoms with Crippen LogP contribution in [0.15, 0.2) is 72.8 Å². The number of hydrogen-bond acceptors (Lipinski definition) is 0. The van der Waals surface area contributed by atoms with E-state index >= 15 is 0 Å². The van der Waals surface area contributed by atoms with Crippen LogP contribution in [0.4, 0.5) is 0 Å². The standard InChI is InChI=1S/C38H40Si/c1-9-38(10-2)30-18-16-23-13-11-12-14-27(23)34(30)29-22-32(39(6,7)8)28-17-15-24-19-26(37(3,4)5)20-25-21-31(38)35(29)36(28)33(24)25/h11-22H,9-10H2,1-8H3. The van der Waals surface area contributed by atoms with Crippen LogP contribution in [0.5, 0.6) is 0 Å². The van der Waals surface area contributed by atoms with Crippen molar-refractivity contribution >= 4 is 56.4 Å². The highest BCUT2D eigenvalue weighted by Gasteiger charge is 2.41. The van der Waals surface area contributed by atoms with Crippen molar-refractivity contribution in [1.82, 2.24) is 0 Å². The summed E-state index contributed by atoms with van der Waals surface area (Å²) in [6.45, 7) is 19.4. The first-order valence-electron chi connectivity index (χ1n) is 14.8. The molecule has 0 radical (unpaired) electrons. The molecule has 7 rings (SSSR count). The van der Waals surface area contributed by atoms with Crippen LogP contribution in [-0.2, 0) is 10.8 Å². The van der Waals surface area contributed by atoms with Crippen LogP contribution in [0.1, 0.15) is 64.2 Å². The van der Waals surface area contributed by atoms with E-state index in [2.05, 4.69) is 127 Å². The maximum absolute atomic E-state index is 2.62. The Morgan fingerprint density at radius 3 is 2.03 bits per heavy atom. The van der Waals surface area contributed by atoms with Crippen LogP contribution >= 0.6 is 0 Å². The van der Waals surface area contributed by atoms with Crippen molar-refractivity contribution in [3.05, 3.63) is 89.5 Å².